The van der Waals surface area contributed by atoms with Crippen molar-refractivity contribution >= 4 is 0 Å². The van der Waals surface area contributed by atoms with Crippen LogP contribution in [0.2, 0.25) is 0 Å². The molecular formula is C20H23NO5. The highest BCUT2D eigenvalue weighted by Crippen LogP contribution is 2.36. The third-order valence-electron chi connectivity index (χ3n) is 5.00. The summed E-state index contributed by atoms with van der Waals surface area (Å²) in [5.74, 6) is 1.44. The van der Waals surface area contributed by atoms with Crippen LogP contribution in [-0.4, -0.2) is 44.2 Å². The van der Waals surface area contributed by atoms with E-state index in [1.807, 2.05) is 29.7 Å². The molecule has 2 aromatic rings. The number of ether oxygens (including phenoxy) is 4. The minimum absolute atomic E-state index is 0.0390. The van der Waals surface area contributed by atoms with Crippen molar-refractivity contribution in [2.24, 2.45) is 0 Å². The maximum Gasteiger partial charge on any atom is 0.254 e. The molecule has 0 amide bonds. The first-order valence-corrected chi connectivity index (χ1v) is 8.91. The van der Waals surface area contributed by atoms with Crippen LogP contribution in [0, 0.1) is 6.92 Å². The highest BCUT2D eigenvalue weighted by Gasteiger charge is 2.23. The fraction of sp³-hybridized carbons (Fsp3) is 0.450. The van der Waals surface area contributed by atoms with Crippen LogP contribution in [0.3, 0.4) is 0 Å². The molecule has 0 radical (unpaired) electrons. The van der Waals surface area contributed by atoms with Gasteiger partial charge in [-0.2, -0.15) is 0 Å². The van der Waals surface area contributed by atoms with Crippen molar-refractivity contribution in [3.8, 4) is 22.8 Å². The molecule has 1 saturated heterocycles. The predicted molar refractivity (Wildman–Crippen MR) is 97.2 cm³/mol. The first-order chi connectivity index (χ1) is 12.7. The van der Waals surface area contributed by atoms with E-state index in [0.717, 1.165) is 29.0 Å². The summed E-state index contributed by atoms with van der Waals surface area (Å²) in [7, 11) is 1.66. The average molecular weight is 357 g/mol. The number of aromatic nitrogens is 1. The fourth-order valence-corrected chi connectivity index (χ4v) is 3.63. The van der Waals surface area contributed by atoms with Gasteiger partial charge in [-0.05, 0) is 37.1 Å². The van der Waals surface area contributed by atoms with Gasteiger partial charge >= 0.3 is 0 Å². The molecule has 1 aromatic heterocycles. The summed E-state index contributed by atoms with van der Waals surface area (Å²) < 4.78 is 24.1. The SMILES string of the molecule is COc1ccc2c(c1)CCn1c-2c(C)c(OCC2COCCO2)cc1=O. The van der Waals surface area contributed by atoms with Crippen LogP contribution in [0.15, 0.2) is 29.1 Å². The van der Waals surface area contributed by atoms with E-state index in [1.165, 1.54) is 5.56 Å². The van der Waals surface area contributed by atoms with E-state index in [1.54, 1.807) is 13.2 Å². The number of nitrogens with zero attached hydrogens (tertiary/aromatic N) is 1. The zero-order valence-electron chi connectivity index (χ0n) is 15.1. The number of hydrogen-bond donors (Lipinski definition) is 0. The number of aryl methyl sites for hydroxylation is 1. The molecule has 0 bridgehead atoms. The molecule has 26 heavy (non-hydrogen) atoms. The fourth-order valence-electron chi connectivity index (χ4n) is 3.63. The number of hydrogen-bond acceptors (Lipinski definition) is 5. The molecule has 4 rings (SSSR count). The highest BCUT2D eigenvalue weighted by atomic mass is 16.6. The Morgan fingerprint density at radius 3 is 2.92 bits per heavy atom. The lowest BCUT2D eigenvalue weighted by molar-refractivity contribution is -0.101. The van der Waals surface area contributed by atoms with Crippen molar-refractivity contribution in [3.05, 3.63) is 45.7 Å². The van der Waals surface area contributed by atoms with Gasteiger partial charge in [0.05, 0.1) is 32.6 Å². The molecule has 138 valence electrons. The Morgan fingerprint density at radius 2 is 2.15 bits per heavy atom. The average Bonchev–Trinajstić information content (AvgIpc) is 2.69. The minimum atomic E-state index is -0.0986. The van der Waals surface area contributed by atoms with E-state index < -0.39 is 0 Å². The van der Waals surface area contributed by atoms with E-state index in [-0.39, 0.29) is 11.7 Å². The molecule has 0 N–H and O–H groups in total. The Hall–Kier alpha value is -2.31. The van der Waals surface area contributed by atoms with Crippen LogP contribution in [0.25, 0.3) is 11.3 Å². The van der Waals surface area contributed by atoms with Gasteiger partial charge in [0.1, 0.15) is 24.2 Å². The van der Waals surface area contributed by atoms with Crippen molar-refractivity contribution in [2.45, 2.75) is 26.0 Å². The first-order valence-electron chi connectivity index (χ1n) is 8.91. The van der Waals surface area contributed by atoms with Gasteiger partial charge in [-0.25, -0.2) is 0 Å². The van der Waals surface area contributed by atoms with Gasteiger partial charge in [0.15, 0.2) is 0 Å². The number of benzene rings is 1. The highest BCUT2D eigenvalue weighted by molar-refractivity contribution is 5.71. The van der Waals surface area contributed by atoms with Crippen LogP contribution < -0.4 is 15.0 Å². The van der Waals surface area contributed by atoms with Crippen molar-refractivity contribution in [2.75, 3.05) is 33.5 Å². The number of fused-ring (bicyclic) bond motifs is 3. The molecule has 1 atom stereocenters. The van der Waals surface area contributed by atoms with Crippen LogP contribution in [-0.2, 0) is 22.4 Å². The zero-order valence-corrected chi connectivity index (χ0v) is 15.1. The Morgan fingerprint density at radius 1 is 1.27 bits per heavy atom. The standard InChI is InChI=1S/C20H23NO5/c1-13-18(26-12-16-11-24-7-8-25-16)10-19(22)21-6-5-14-9-15(23-2)3-4-17(14)20(13)21/h3-4,9-10,16H,5-8,11-12H2,1-2H3. The van der Waals surface area contributed by atoms with E-state index in [4.69, 9.17) is 18.9 Å². The quantitative estimate of drug-likeness (QED) is 0.839. The number of methoxy groups -OCH3 is 1. The molecule has 1 fully saturated rings. The van der Waals surface area contributed by atoms with Crippen molar-refractivity contribution in [1.82, 2.24) is 4.57 Å². The van der Waals surface area contributed by atoms with Crippen LogP contribution >= 0.6 is 0 Å². The topological polar surface area (TPSA) is 58.9 Å². The summed E-state index contributed by atoms with van der Waals surface area (Å²) in [5, 5.41) is 0. The molecule has 6 nitrogen and oxygen atoms in total. The summed E-state index contributed by atoms with van der Waals surface area (Å²) >= 11 is 0. The number of rotatable bonds is 4. The Kier molecular flexibility index (Phi) is 4.70. The summed E-state index contributed by atoms with van der Waals surface area (Å²) in [6.07, 6.45) is 0.713. The molecule has 2 aliphatic heterocycles. The molecule has 0 aliphatic carbocycles. The predicted octanol–water partition coefficient (Wildman–Crippen LogP) is 2.18. The van der Waals surface area contributed by atoms with Gasteiger partial charge in [-0.3, -0.25) is 4.79 Å². The lowest BCUT2D eigenvalue weighted by atomic mass is 9.94. The van der Waals surface area contributed by atoms with E-state index in [9.17, 15) is 4.79 Å². The third kappa shape index (κ3) is 3.10. The van der Waals surface area contributed by atoms with Gasteiger partial charge in [0, 0.05) is 23.7 Å². The Balaban J connectivity index is 1.68. The molecule has 1 aromatic carbocycles. The molecular weight excluding hydrogens is 334 g/mol. The van der Waals surface area contributed by atoms with Gasteiger partial charge in [-0.1, -0.05) is 0 Å². The largest absolute Gasteiger partial charge is 0.497 e. The number of pyridine rings is 1. The molecule has 3 heterocycles. The molecule has 1 unspecified atom stereocenters. The van der Waals surface area contributed by atoms with E-state index in [0.29, 0.717) is 38.7 Å². The van der Waals surface area contributed by atoms with E-state index in [2.05, 4.69) is 0 Å². The molecule has 0 spiro atoms. The maximum absolute atomic E-state index is 12.6. The second-order valence-corrected chi connectivity index (χ2v) is 6.62. The van der Waals surface area contributed by atoms with E-state index >= 15 is 0 Å². The lowest BCUT2D eigenvalue weighted by Crippen LogP contribution is -2.34. The second-order valence-electron chi connectivity index (χ2n) is 6.62. The Labute approximate surface area is 152 Å². The molecule has 6 heteroatoms. The Bertz CT molecular complexity index is 867. The van der Waals surface area contributed by atoms with Gasteiger partial charge in [0.2, 0.25) is 0 Å². The lowest BCUT2D eigenvalue weighted by Gasteiger charge is -2.26. The maximum atomic E-state index is 12.6. The van der Waals surface area contributed by atoms with Gasteiger partial charge in [-0.15, -0.1) is 0 Å². The summed E-state index contributed by atoms with van der Waals surface area (Å²) in [5.41, 5.74) is 4.11. The summed E-state index contributed by atoms with van der Waals surface area (Å²) in [6.45, 7) is 4.75. The monoisotopic (exact) mass is 357 g/mol. The van der Waals surface area contributed by atoms with Crippen molar-refractivity contribution in [1.29, 1.82) is 0 Å². The summed E-state index contributed by atoms with van der Waals surface area (Å²) in [4.78, 5) is 12.6. The first kappa shape index (κ1) is 17.1. The summed E-state index contributed by atoms with van der Waals surface area (Å²) in [6, 6.07) is 7.58. The second kappa shape index (κ2) is 7.13. The normalized spacial score (nSPS) is 18.8. The minimum Gasteiger partial charge on any atom is -0.497 e. The smallest absolute Gasteiger partial charge is 0.254 e. The zero-order chi connectivity index (χ0) is 18.1. The van der Waals surface area contributed by atoms with Gasteiger partial charge in [0.25, 0.3) is 5.56 Å². The van der Waals surface area contributed by atoms with Crippen molar-refractivity contribution < 1.29 is 18.9 Å². The van der Waals surface area contributed by atoms with Crippen molar-refractivity contribution in [3.63, 3.8) is 0 Å². The molecule has 0 saturated carbocycles. The third-order valence-corrected chi connectivity index (χ3v) is 5.00. The molecule has 2 aliphatic rings. The van der Waals surface area contributed by atoms with Crippen LogP contribution in [0.4, 0.5) is 0 Å². The van der Waals surface area contributed by atoms with Gasteiger partial charge < -0.3 is 23.5 Å². The van der Waals surface area contributed by atoms with Crippen LogP contribution in [0.5, 0.6) is 11.5 Å². The van der Waals surface area contributed by atoms with Crippen LogP contribution in [0.1, 0.15) is 11.1 Å².